The third-order valence-electron chi connectivity index (χ3n) is 4.38. The van der Waals surface area contributed by atoms with Crippen molar-refractivity contribution in [3.8, 4) is 17.2 Å². The molecule has 3 aromatic rings. The van der Waals surface area contributed by atoms with Crippen molar-refractivity contribution in [1.82, 2.24) is 0 Å². The van der Waals surface area contributed by atoms with Gasteiger partial charge in [-0.2, -0.15) is 0 Å². The van der Waals surface area contributed by atoms with E-state index in [2.05, 4.69) is 30.5 Å². The molecule has 31 heavy (non-hydrogen) atoms. The topological polar surface area (TPSA) is 30.5 Å². The Bertz CT molecular complexity index is 962. The Morgan fingerprint density at radius 1 is 0.742 bits per heavy atom. The van der Waals surface area contributed by atoms with Crippen molar-refractivity contribution in [2.45, 2.75) is 33.6 Å². The summed E-state index contributed by atoms with van der Waals surface area (Å²) in [5.74, 6) is 3.61. The lowest BCUT2D eigenvalue weighted by Crippen LogP contribution is -1.96. The SMILES string of the molecule is CC.CNc1cccc(Oc2ccccc2)c1.Cc1ccccc1OC1=CCCC=C1. The van der Waals surface area contributed by atoms with Gasteiger partial charge in [-0.1, -0.05) is 62.4 Å². The molecule has 162 valence electrons. The average molecular weight is 416 g/mol. The normalized spacial score (nSPS) is 11.7. The fourth-order valence-electron chi connectivity index (χ4n) is 2.80. The standard InChI is InChI=1S/C13H13NO.C13H14O.C2H6/c1-14-11-6-5-9-13(10-11)15-12-7-3-2-4-8-12;1-11-7-5-6-10-13(11)14-12-8-3-2-4-9-12;1-2/h2-10,14H,1H3;3,5-10H,2,4H2,1H3;1-2H3. The molecule has 3 heteroatoms. The first-order chi connectivity index (χ1) is 15.2. The fourth-order valence-corrected chi connectivity index (χ4v) is 2.80. The highest BCUT2D eigenvalue weighted by atomic mass is 16.5. The molecule has 0 atom stereocenters. The van der Waals surface area contributed by atoms with E-state index in [1.54, 1.807) is 0 Å². The molecule has 0 spiro atoms. The van der Waals surface area contributed by atoms with E-state index in [4.69, 9.17) is 9.47 Å². The smallest absolute Gasteiger partial charge is 0.130 e. The summed E-state index contributed by atoms with van der Waals surface area (Å²) in [5.41, 5.74) is 2.22. The number of anilines is 1. The van der Waals surface area contributed by atoms with E-state index in [1.165, 1.54) is 5.56 Å². The minimum atomic E-state index is 0.841. The minimum absolute atomic E-state index is 0.841. The second kappa shape index (κ2) is 13.7. The molecule has 1 aliphatic rings. The fraction of sp³-hybridized carbons (Fsp3) is 0.214. The number of benzene rings is 3. The van der Waals surface area contributed by atoms with Gasteiger partial charge in [0.2, 0.25) is 0 Å². The quantitative estimate of drug-likeness (QED) is 0.456. The van der Waals surface area contributed by atoms with Gasteiger partial charge in [0.1, 0.15) is 23.0 Å². The van der Waals surface area contributed by atoms with Gasteiger partial charge in [0, 0.05) is 18.8 Å². The van der Waals surface area contributed by atoms with Crippen molar-refractivity contribution in [3.05, 3.63) is 108 Å². The summed E-state index contributed by atoms with van der Waals surface area (Å²) >= 11 is 0. The number of rotatable bonds is 5. The molecule has 4 rings (SSSR count). The maximum atomic E-state index is 5.76. The molecule has 3 aromatic carbocycles. The minimum Gasteiger partial charge on any atom is -0.457 e. The number of nitrogens with one attached hydrogen (secondary N) is 1. The van der Waals surface area contributed by atoms with Gasteiger partial charge in [0.25, 0.3) is 0 Å². The molecule has 1 aliphatic carbocycles. The second-order valence-corrected chi connectivity index (χ2v) is 6.65. The summed E-state index contributed by atoms with van der Waals surface area (Å²) < 4.78 is 11.4. The molecule has 0 saturated carbocycles. The zero-order valence-corrected chi connectivity index (χ0v) is 19.0. The second-order valence-electron chi connectivity index (χ2n) is 6.65. The molecule has 0 saturated heterocycles. The van der Waals surface area contributed by atoms with Crippen LogP contribution in [0.25, 0.3) is 0 Å². The van der Waals surface area contributed by atoms with Crippen molar-refractivity contribution in [2.75, 3.05) is 12.4 Å². The van der Waals surface area contributed by atoms with E-state index in [1.807, 2.05) is 99.8 Å². The number of allylic oxidation sites excluding steroid dienone is 3. The summed E-state index contributed by atoms with van der Waals surface area (Å²) in [6.07, 6.45) is 8.52. The molecular weight excluding hydrogens is 382 g/mol. The maximum absolute atomic E-state index is 5.76. The largest absolute Gasteiger partial charge is 0.457 e. The highest BCUT2D eigenvalue weighted by Gasteiger charge is 2.02. The van der Waals surface area contributed by atoms with Crippen LogP contribution in [0.2, 0.25) is 0 Å². The zero-order valence-electron chi connectivity index (χ0n) is 19.0. The first-order valence-electron chi connectivity index (χ1n) is 10.9. The lowest BCUT2D eigenvalue weighted by Gasteiger charge is -2.11. The van der Waals surface area contributed by atoms with Crippen LogP contribution in [0.3, 0.4) is 0 Å². The number of aryl methyl sites for hydroxylation is 1. The van der Waals surface area contributed by atoms with Gasteiger partial charge < -0.3 is 14.8 Å². The third-order valence-corrected chi connectivity index (χ3v) is 4.38. The molecule has 0 aliphatic heterocycles. The highest BCUT2D eigenvalue weighted by molar-refractivity contribution is 5.48. The first-order valence-corrected chi connectivity index (χ1v) is 10.9. The first kappa shape index (κ1) is 23.8. The predicted molar refractivity (Wildman–Crippen MR) is 132 cm³/mol. The van der Waals surface area contributed by atoms with Crippen LogP contribution in [-0.2, 0) is 0 Å². The van der Waals surface area contributed by atoms with E-state index >= 15 is 0 Å². The Labute approximate surface area is 187 Å². The highest BCUT2D eigenvalue weighted by Crippen LogP contribution is 2.23. The molecule has 3 nitrogen and oxygen atoms in total. The summed E-state index contributed by atoms with van der Waals surface area (Å²) in [6, 6.07) is 25.7. The lowest BCUT2D eigenvalue weighted by atomic mass is 10.2. The average Bonchev–Trinajstić information content (AvgIpc) is 2.84. The number of ether oxygens (including phenoxy) is 2. The molecule has 0 heterocycles. The van der Waals surface area contributed by atoms with Crippen LogP contribution in [0, 0.1) is 6.92 Å². The Hall–Kier alpha value is -3.46. The molecule has 0 radical (unpaired) electrons. The van der Waals surface area contributed by atoms with E-state index < -0.39 is 0 Å². The van der Waals surface area contributed by atoms with Crippen molar-refractivity contribution in [3.63, 3.8) is 0 Å². The van der Waals surface area contributed by atoms with Gasteiger partial charge in [-0.3, -0.25) is 0 Å². The molecule has 0 aromatic heterocycles. The van der Waals surface area contributed by atoms with Gasteiger partial charge in [-0.25, -0.2) is 0 Å². The molecule has 0 bridgehead atoms. The molecular formula is C28H33NO2. The van der Waals surface area contributed by atoms with Gasteiger partial charge in [0.15, 0.2) is 0 Å². The molecule has 0 amide bonds. The monoisotopic (exact) mass is 415 g/mol. The van der Waals surface area contributed by atoms with Crippen LogP contribution >= 0.6 is 0 Å². The number of para-hydroxylation sites is 2. The van der Waals surface area contributed by atoms with E-state index in [-0.39, 0.29) is 0 Å². The van der Waals surface area contributed by atoms with E-state index in [9.17, 15) is 0 Å². The molecule has 0 unspecified atom stereocenters. The molecule has 1 N–H and O–H groups in total. The molecule has 0 fully saturated rings. The predicted octanol–water partition coefficient (Wildman–Crippen LogP) is 8.15. The Morgan fingerprint density at radius 2 is 1.45 bits per heavy atom. The van der Waals surface area contributed by atoms with Crippen LogP contribution in [0.1, 0.15) is 32.3 Å². The maximum Gasteiger partial charge on any atom is 0.130 e. The van der Waals surface area contributed by atoms with Crippen molar-refractivity contribution in [1.29, 1.82) is 0 Å². The van der Waals surface area contributed by atoms with Gasteiger partial charge in [-0.15, -0.1) is 0 Å². The van der Waals surface area contributed by atoms with E-state index in [0.717, 1.165) is 41.5 Å². The third kappa shape index (κ3) is 8.43. The van der Waals surface area contributed by atoms with Crippen LogP contribution < -0.4 is 14.8 Å². The van der Waals surface area contributed by atoms with Gasteiger partial charge >= 0.3 is 0 Å². The van der Waals surface area contributed by atoms with Crippen LogP contribution in [0.15, 0.2) is 103 Å². The summed E-state index contributed by atoms with van der Waals surface area (Å²) in [4.78, 5) is 0. The van der Waals surface area contributed by atoms with Crippen molar-refractivity contribution >= 4 is 5.69 Å². The Balaban J connectivity index is 0.000000204. The van der Waals surface area contributed by atoms with Crippen LogP contribution in [0.5, 0.6) is 17.2 Å². The number of hydrogen-bond donors (Lipinski definition) is 1. The van der Waals surface area contributed by atoms with Gasteiger partial charge in [0.05, 0.1) is 0 Å². The summed E-state index contributed by atoms with van der Waals surface area (Å²) in [6.45, 7) is 6.06. The van der Waals surface area contributed by atoms with Crippen LogP contribution in [-0.4, -0.2) is 7.05 Å². The Morgan fingerprint density at radius 3 is 2.13 bits per heavy atom. The lowest BCUT2D eigenvalue weighted by molar-refractivity contribution is 0.436. The van der Waals surface area contributed by atoms with Crippen molar-refractivity contribution in [2.24, 2.45) is 0 Å². The van der Waals surface area contributed by atoms with Crippen molar-refractivity contribution < 1.29 is 9.47 Å². The van der Waals surface area contributed by atoms with Gasteiger partial charge in [-0.05, 0) is 67.8 Å². The number of hydrogen-bond acceptors (Lipinski definition) is 3. The summed E-state index contributed by atoms with van der Waals surface area (Å²) in [5, 5.41) is 3.07. The zero-order chi connectivity index (χ0) is 22.3. The summed E-state index contributed by atoms with van der Waals surface area (Å²) in [7, 11) is 1.89. The van der Waals surface area contributed by atoms with Crippen LogP contribution in [0.4, 0.5) is 5.69 Å². The van der Waals surface area contributed by atoms with E-state index in [0.29, 0.717) is 0 Å². The Kier molecular flexibility index (Phi) is 10.5.